The number of carbonyl (C=O) groups is 2. The summed E-state index contributed by atoms with van der Waals surface area (Å²) in [6.45, 7) is 5.32. The molecule has 0 unspecified atom stereocenters. The summed E-state index contributed by atoms with van der Waals surface area (Å²) in [4.78, 5) is 26.6. The highest BCUT2D eigenvalue weighted by Gasteiger charge is 2.35. The van der Waals surface area contributed by atoms with Gasteiger partial charge in [0.15, 0.2) is 0 Å². The van der Waals surface area contributed by atoms with Crippen LogP contribution in [0.2, 0.25) is 5.02 Å². The Balaban J connectivity index is 1.61. The number of amides is 2. The molecule has 2 atom stereocenters. The van der Waals surface area contributed by atoms with Crippen molar-refractivity contribution >= 4 is 23.4 Å². The molecule has 32 heavy (non-hydrogen) atoms. The standard InChI is InChI=1S/C22H25ClFN5O3/c1-13-19(20(28-32-13)16-6-4-5-7-17(16)23)21(31)26-12-22(2,3)27-10-18(30)29-11-14(24)8-15(29)9-25/h4-7,14-15,27H,8,10-12H2,1-3H3,(H,26,31)/t14-,15-/m0/s1. The van der Waals surface area contributed by atoms with Crippen molar-refractivity contribution in [2.75, 3.05) is 19.6 Å². The van der Waals surface area contributed by atoms with Crippen molar-refractivity contribution in [1.82, 2.24) is 20.7 Å². The van der Waals surface area contributed by atoms with Crippen LogP contribution in [0.1, 0.15) is 36.4 Å². The third-order valence-corrected chi connectivity index (χ3v) is 5.68. The van der Waals surface area contributed by atoms with Gasteiger partial charge in [0.25, 0.3) is 5.91 Å². The maximum Gasteiger partial charge on any atom is 0.257 e. The Labute approximate surface area is 190 Å². The summed E-state index contributed by atoms with van der Waals surface area (Å²) < 4.78 is 18.8. The normalized spacial score (nSPS) is 18.4. The lowest BCUT2D eigenvalue weighted by molar-refractivity contribution is -0.130. The molecule has 0 radical (unpaired) electrons. The molecule has 1 aromatic carbocycles. The molecule has 0 aliphatic carbocycles. The van der Waals surface area contributed by atoms with Gasteiger partial charge in [0, 0.05) is 24.1 Å². The molecule has 2 heterocycles. The van der Waals surface area contributed by atoms with Gasteiger partial charge < -0.3 is 20.1 Å². The topological polar surface area (TPSA) is 111 Å². The van der Waals surface area contributed by atoms with Gasteiger partial charge in [0.05, 0.1) is 24.2 Å². The highest BCUT2D eigenvalue weighted by atomic mass is 35.5. The first-order chi connectivity index (χ1) is 15.1. The van der Waals surface area contributed by atoms with E-state index >= 15 is 0 Å². The van der Waals surface area contributed by atoms with Gasteiger partial charge in [-0.3, -0.25) is 9.59 Å². The Kier molecular flexibility index (Phi) is 7.16. The Hall–Kier alpha value is -2.96. The number of aromatic nitrogens is 1. The Bertz CT molecular complexity index is 1050. The van der Waals surface area contributed by atoms with Crippen LogP contribution in [0.3, 0.4) is 0 Å². The number of benzene rings is 1. The molecule has 8 nitrogen and oxygen atoms in total. The average molecular weight is 462 g/mol. The molecular formula is C22H25ClFN5O3. The zero-order valence-electron chi connectivity index (χ0n) is 18.1. The van der Waals surface area contributed by atoms with Gasteiger partial charge in [0.1, 0.15) is 29.2 Å². The number of hydrogen-bond donors (Lipinski definition) is 2. The first-order valence-corrected chi connectivity index (χ1v) is 10.6. The fourth-order valence-electron chi connectivity index (χ4n) is 3.53. The minimum atomic E-state index is -1.19. The molecule has 3 rings (SSSR count). The number of carbonyl (C=O) groups excluding carboxylic acids is 2. The molecule has 2 aromatic rings. The van der Waals surface area contributed by atoms with Crippen molar-refractivity contribution in [1.29, 1.82) is 5.26 Å². The van der Waals surface area contributed by atoms with E-state index in [4.69, 9.17) is 21.4 Å². The summed E-state index contributed by atoms with van der Waals surface area (Å²) in [6.07, 6.45) is -1.15. The molecule has 10 heteroatoms. The van der Waals surface area contributed by atoms with E-state index in [1.54, 1.807) is 31.2 Å². The molecule has 170 valence electrons. The van der Waals surface area contributed by atoms with E-state index in [0.717, 1.165) is 0 Å². The smallest absolute Gasteiger partial charge is 0.257 e. The second kappa shape index (κ2) is 9.67. The molecule has 1 aliphatic rings. The van der Waals surface area contributed by atoms with Crippen LogP contribution in [-0.2, 0) is 4.79 Å². The van der Waals surface area contributed by atoms with Crippen LogP contribution < -0.4 is 10.6 Å². The van der Waals surface area contributed by atoms with Crippen LogP contribution in [0, 0.1) is 18.3 Å². The van der Waals surface area contributed by atoms with Crippen molar-refractivity contribution in [3.8, 4) is 17.3 Å². The fraction of sp³-hybridized carbons (Fsp3) is 0.455. The van der Waals surface area contributed by atoms with Gasteiger partial charge in [0.2, 0.25) is 5.91 Å². The summed E-state index contributed by atoms with van der Waals surface area (Å²) in [5, 5.41) is 19.5. The quantitative estimate of drug-likeness (QED) is 0.655. The van der Waals surface area contributed by atoms with Crippen LogP contribution in [0.4, 0.5) is 4.39 Å². The minimum absolute atomic E-state index is 0.0353. The zero-order valence-corrected chi connectivity index (χ0v) is 18.9. The summed E-state index contributed by atoms with van der Waals surface area (Å²) in [5.41, 5.74) is 0.567. The molecule has 0 bridgehead atoms. The van der Waals surface area contributed by atoms with E-state index in [9.17, 15) is 14.0 Å². The summed E-state index contributed by atoms with van der Waals surface area (Å²) in [6, 6.07) is 8.24. The number of hydrogen-bond acceptors (Lipinski definition) is 6. The van der Waals surface area contributed by atoms with Gasteiger partial charge >= 0.3 is 0 Å². The van der Waals surface area contributed by atoms with E-state index < -0.39 is 17.8 Å². The number of rotatable bonds is 7. The summed E-state index contributed by atoms with van der Waals surface area (Å²) in [7, 11) is 0. The number of nitrogens with one attached hydrogen (secondary N) is 2. The van der Waals surface area contributed by atoms with Gasteiger partial charge in [-0.15, -0.1) is 0 Å². The predicted molar refractivity (Wildman–Crippen MR) is 117 cm³/mol. The molecule has 0 spiro atoms. The number of alkyl halides is 1. The van der Waals surface area contributed by atoms with Crippen molar-refractivity contribution < 1.29 is 18.5 Å². The van der Waals surface area contributed by atoms with Crippen molar-refractivity contribution in [3.05, 3.63) is 40.6 Å². The molecule has 2 amide bonds. The first kappa shape index (κ1) is 23.7. The number of halogens is 2. The lowest BCUT2D eigenvalue weighted by Gasteiger charge is -2.28. The van der Waals surface area contributed by atoms with Crippen LogP contribution in [0.15, 0.2) is 28.8 Å². The number of nitrogens with zero attached hydrogens (tertiary/aromatic N) is 3. The van der Waals surface area contributed by atoms with Crippen molar-refractivity contribution in [2.24, 2.45) is 0 Å². The van der Waals surface area contributed by atoms with E-state index in [1.165, 1.54) is 4.90 Å². The minimum Gasteiger partial charge on any atom is -0.360 e. The fourth-order valence-corrected chi connectivity index (χ4v) is 3.75. The number of aryl methyl sites for hydroxylation is 1. The highest BCUT2D eigenvalue weighted by molar-refractivity contribution is 6.33. The van der Waals surface area contributed by atoms with Gasteiger partial charge in [-0.25, -0.2) is 4.39 Å². The molecular weight excluding hydrogens is 437 g/mol. The molecule has 1 aromatic heterocycles. The monoisotopic (exact) mass is 461 g/mol. The largest absolute Gasteiger partial charge is 0.360 e. The molecule has 1 fully saturated rings. The van der Waals surface area contributed by atoms with E-state index in [0.29, 0.717) is 22.0 Å². The predicted octanol–water partition coefficient (Wildman–Crippen LogP) is 2.86. The SMILES string of the molecule is Cc1onc(-c2ccccc2Cl)c1C(=O)NCC(C)(C)NCC(=O)N1C[C@@H](F)C[C@H]1C#N. The summed E-state index contributed by atoms with van der Waals surface area (Å²) >= 11 is 6.25. The van der Waals surface area contributed by atoms with Gasteiger partial charge in [-0.1, -0.05) is 35.0 Å². The van der Waals surface area contributed by atoms with E-state index in [2.05, 4.69) is 15.8 Å². The van der Waals surface area contributed by atoms with Gasteiger partial charge in [-0.2, -0.15) is 5.26 Å². The molecule has 0 saturated carbocycles. The second-order valence-corrected chi connectivity index (χ2v) is 8.79. The zero-order chi connectivity index (χ0) is 23.5. The second-order valence-electron chi connectivity index (χ2n) is 8.39. The average Bonchev–Trinajstić information content (AvgIpc) is 3.33. The van der Waals surface area contributed by atoms with Crippen LogP contribution in [0.5, 0.6) is 0 Å². The third-order valence-electron chi connectivity index (χ3n) is 5.35. The Morgan fingerprint density at radius 2 is 2.12 bits per heavy atom. The number of nitriles is 1. The van der Waals surface area contributed by atoms with Crippen molar-refractivity contribution in [2.45, 2.75) is 44.9 Å². The lowest BCUT2D eigenvalue weighted by Crippen LogP contribution is -2.53. The molecule has 1 saturated heterocycles. The maximum absolute atomic E-state index is 13.6. The van der Waals surface area contributed by atoms with E-state index in [1.807, 2.05) is 19.9 Å². The molecule has 1 aliphatic heterocycles. The van der Waals surface area contributed by atoms with Crippen LogP contribution in [-0.4, -0.2) is 59.3 Å². The first-order valence-electron chi connectivity index (χ1n) is 10.2. The van der Waals surface area contributed by atoms with E-state index in [-0.39, 0.29) is 43.4 Å². The highest BCUT2D eigenvalue weighted by Crippen LogP contribution is 2.31. The third kappa shape index (κ3) is 5.26. The number of likely N-dealkylation sites (tertiary alicyclic amines) is 1. The Morgan fingerprint density at radius 1 is 1.41 bits per heavy atom. The van der Waals surface area contributed by atoms with Crippen LogP contribution in [0.25, 0.3) is 11.3 Å². The molecule has 2 N–H and O–H groups in total. The summed E-state index contributed by atoms with van der Waals surface area (Å²) in [5.74, 6) is -0.382. The lowest BCUT2D eigenvalue weighted by atomic mass is 10.0. The Morgan fingerprint density at radius 3 is 2.81 bits per heavy atom. The van der Waals surface area contributed by atoms with Gasteiger partial charge in [-0.05, 0) is 26.8 Å². The van der Waals surface area contributed by atoms with Crippen molar-refractivity contribution in [3.63, 3.8) is 0 Å². The van der Waals surface area contributed by atoms with Crippen LogP contribution >= 0.6 is 11.6 Å². The maximum atomic E-state index is 13.6.